The molecule has 5 rings (SSSR count). The molecule has 0 N–H and O–H groups in total. The lowest BCUT2D eigenvalue weighted by molar-refractivity contribution is -0.137. The third-order valence-corrected chi connectivity index (χ3v) is 6.50. The van der Waals surface area contributed by atoms with Crippen molar-refractivity contribution >= 4 is 11.6 Å². The molecule has 0 spiro atoms. The third-order valence-electron chi connectivity index (χ3n) is 6.50. The first-order valence-electron chi connectivity index (χ1n) is 12.0. The quantitative estimate of drug-likeness (QED) is 0.316. The molecule has 1 saturated heterocycles. The van der Waals surface area contributed by atoms with Gasteiger partial charge in [0.05, 0.1) is 24.1 Å². The molecule has 3 aromatic carbocycles. The van der Waals surface area contributed by atoms with Gasteiger partial charge in [0.1, 0.15) is 17.3 Å². The highest BCUT2D eigenvalue weighted by Gasteiger charge is 2.32. The second-order valence-corrected chi connectivity index (χ2v) is 8.83. The maximum absolute atomic E-state index is 14.5. The highest BCUT2D eigenvalue weighted by Crippen LogP contribution is 2.32. The molecule has 0 aliphatic carbocycles. The van der Waals surface area contributed by atoms with E-state index in [1.807, 2.05) is 4.90 Å². The predicted octanol–water partition coefficient (Wildman–Crippen LogP) is 5.67. The molecule has 0 radical (unpaired) electrons. The van der Waals surface area contributed by atoms with Crippen LogP contribution >= 0.6 is 0 Å². The zero-order valence-electron chi connectivity index (χ0n) is 20.5. The maximum atomic E-state index is 14.5. The first kappa shape index (κ1) is 25.3. The van der Waals surface area contributed by atoms with Crippen LogP contribution in [-0.4, -0.2) is 53.9 Å². The van der Waals surface area contributed by atoms with Gasteiger partial charge >= 0.3 is 6.18 Å². The molecule has 1 fully saturated rings. The van der Waals surface area contributed by atoms with E-state index in [0.717, 1.165) is 12.1 Å². The Labute approximate surface area is 216 Å². The van der Waals surface area contributed by atoms with E-state index in [9.17, 15) is 22.4 Å². The fraction of sp³-hybridized carbons (Fsp3) is 0.214. The van der Waals surface area contributed by atoms with Crippen LogP contribution in [0.5, 0.6) is 5.75 Å². The summed E-state index contributed by atoms with van der Waals surface area (Å²) < 4.78 is 60.7. The van der Waals surface area contributed by atoms with Gasteiger partial charge in [-0.3, -0.25) is 4.79 Å². The Morgan fingerprint density at radius 1 is 0.868 bits per heavy atom. The van der Waals surface area contributed by atoms with Crippen molar-refractivity contribution in [3.63, 3.8) is 0 Å². The number of anilines is 1. The summed E-state index contributed by atoms with van der Waals surface area (Å²) in [5, 5.41) is 4.55. The topological polar surface area (TPSA) is 50.6 Å². The standard InChI is InChI=1S/C28H24F4N4O2/c1-38-22-11-9-20(10-12-22)36-26(18-25(33-36)23-7-2-3-8-24(23)29)27(37)35-15-13-34(14-16-35)21-6-4-5-19(17-21)28(30,31)32/h2-12,17-18H,13-16H2,1H3. The molecule has 4 aromatic rings. The molecule has 0 bridgehead atoms. The second-order valence-electron chi connectivity index (χ2n) is 8.83. The number of piperazine rings is 1. The van der Waals surface area contributed by atoms with E-state index in [0.29, 0.717) is 49.0 Å². The molecule has 0 atom stereocenters. The Morgan fingerprint density at radius 2 is 1.58 bits per heavy atom. The van der Waals surface area contributed by atoms with Gasteiger partial charge in [0.2, 0.25) is 0 Å². The number of hydrogen-bond donors (Lipinski definition) is 0. The molecule has 10 heteroatoms. The Morgan fingerprint density at radius 3 is 2.24 bits per heavy atom. The molecule has 1 aromatic heterocycles. The number of carbonyl (C=O) groups is 1. The zero-order chi connectivity index (χ0) is 26.9. The Balaban J connectivity index is 1.41. The Bertz CT molecular complexity index is 1440. The molecule has 1 aliphatic rings. The van der Waals surface area contributed by atoms with Crippen molar-refractivity contribution in [2.24, 2.45) is 0 Å². The van der Waals surface area contributed by atoms with Crippen molar-refractivity contribution in [2.45, 2.75) is 6.18 Å². The van der Waals surface area contributed by atoms with Crippen LogP contribution in [-0.2, 0) is 6.18 Å². The zero-order valence-corrected chi connectivity index (χ0v) is 20.5. The molecular weight excluding hydrogens is 500 g/mol. The van der Waals surface area contributed by atoms with Gasteiger partial charge in [-0.1, -0.05) is 18.2 Å². The molecule has 6 nitrogen and oxygen atoms in total. The number of rotatable bonds is 5. The van der Waals surface area contributed by atoms with Gasteiger partial charge in [-0.05, 0) is 60.7 Å². The second kappa shape index (κ2) is 10.2. The average molecular weight is 525 g/mol. The number of carbonyl (C=O) groups excluding carboxylic acids is 1. The molecule has 0 saturated carbocycles. The van der Waals surface area contributed by atoms with Crippen LogP contribution in [0.3, 0.4) is 0 Å². The van der Waals surface area contributed by atoms with E-state index in [4.69, 9.17) is 4.74 Å². The Hall–Kier alpha value is -4.34. The molecule has 2 heterocycles. The van der Waals surface area contributed by atoms with Crippen LogP contribution in [0.2, 0.25) is 0 Å². The summed E-state index contributed by atoms with van der Waals surface area (Å²) in [6.07, 6.45) is -4.43. The van der Waals surface area contributed by atoms with E-state index in [2.05, 4.69) is 5.10 Å². The van der Waals surface area contributed by atoms with E-state index >= 15 is 0 Å². The van der Waals surface area contributed by atoms with Crippen LogP contribution in [0.15, 0.2) is 78.9 Å². The number of aromatic nitrogens is 2. The smallest absolute Gasteiger partial charge is 0.416 e. The predicted molar refractivity (Wildman–Crippen MR) is 135 cm³/mol. The fourth-order valence-corrected chi connectivity index (χ4v) is 4.46. The van der Waals surface area contributed by atoms with Crippen molar-refractivity contribution in [2.75, 3.05) is 38.2 Å². The van der Waals surface area contributed by atoms with Crippen molar-refractivity contribution < 1.29 is 27.1 Å². The van der Waals surface area contributed by atoms with Crippen LogP contribution in [0.25, 0.3) is 16.9 Å². The summed E-state index contributed by atoms with van der Waals surface area (Å²) in [4.78, 5) is 17.1. The highest BCUT2D eigenvalue weighted by molar-refractivity contribution is 5.94. The SMILES string of the molecule is COc1ccc(-n2nc(-c3ccccc3F)cc2C(=O)N2CCN(c3cccc(C(F)(F)F)c3)CC2)cc1. The number of alkyl halides is 3. The van der Waals surface area contributed by atoms with E-state index in [1.54, 1.807) is 66.6 Å². The maximum Gasteiger partial charge on any atom is 0.416 e. The number of methoxy groups -OCH3 is 1. The minimum atomic E-state index is -4.43. The summed E-state index contributed by atoms with van der Waals surface area (Å²) in [5.41, 5.74) is 1.17. The van der Waals surface area contributed by atoms with Gasteiger partial charge in [-0.2, -0.15) is 18.3 Å². The number of halogens is 4. The summed E-state index contributed by atoms with van der Waals surface area (Å²) >= 11 is 0. The van der Waals surface area contributed by atoms with E-state index in [-0.39, 0.29) is 17.2 Å². The van der Waals surface area contributed by atoms with Crippen molar-refractivity contribution in [3.05, 3.63) is 95.9 Å². The van der Waals surface area contributed by atoms with Gasteiger partial charge in [-0.25, -0.2) is 9.07 Å². The van der Waals surface area contributed by atoms with Gasteiger partial charge in [0, 0.05) is 37.4 Å². The monoisotopic (exact) mass is 524 g/mol. The minimum Gasteiger partial charge on any atom is -0.497 e. The van der Waals surface area contributed by atoms with Gasteiger partial charge in [0.25, 0.3) is 5.91 Å². The lowest BCUT2D eigenvalue weighted by Gasteiger charge is -2.36. The van der Waals surface area contributed by atoms with Gasteiger partial charge in [0.15, 0.2) is 0 Å². The summed E-state index contributed by atoms with van der Waals surface area (Å²) in [6, 6.07) is 19.9. The molecule has 1 aliphatic heterocycles. The molecule has 0 unspecified atom stereocenters. The fourth-order valence-electron chi connectivity index (χ4n) is 4.46. The summed E-state index contributed by atoms with van der Waals surface area (Å²) in [7, 11) is 1.55. The summed E-state index contributed by atoms with van der Waals surface area (Å²) in [5.74, 6) is -0.131. The molecule has 1 amide bonds. The van der Waals surface area contributed by atoms with Crippen LogP contribution < -0.4 is 9.64 Å². The normalized spacial score (nSPS) is 14.0. The minimum absolute atomic E-state index is 0.251. The lowest BCUT2D eigenvalue weighted by atomic mass is 10.1. The average Bonchev–Trinajstić information content (AvgIpc) is 3.38. The van der Waals surface area contributed by atoms with E-state index in [1.165, 1.54) is 16.8 Å². The van der Waals surface area contributed by atoms with Crippen molar-refractivity contribution in [1.29, 1.82) is 0 Å². The van der Waals surface area contributed by atoms with Gasteiger partial charge < -0.3 is 14.5 Å². The number of nitrogens with zero attached hydrogens (tertiary/aromatic N) is 4. The first-order chi connectivity index (χ1) is 18.2. The lowest BCUT2D eigenvalue weighted by Crippen LogP contribution is -2.49. The van der Waals surface area contributed by atoms with Crippen molar-refractivity contribution in [1.82, 2.24) is 14.7 Å². The molecule has 38 heavy (non-hydrogen) atoms. The molecular formula is C28H24F4N4O2. The van der Waals surface area contributed by atoms with Crippen LogP contribution in [0, 0.1) is 5.82 Å². The summed E-state index contributed by atoms with van der Waals surface area (Å²) in [6.45, 7) is 1.34. The van der Waals surface area contributed by atoms with Crippen LogP contribution in [0.1, 0.15) is 16.1 Å². The number of hydrogen-bond acceptors (Lipinski definition) is 4. The molecule has 196 valence electrons. The largest absolute Gasteiger partial charge is 0.497 e. The van der Waals surface area contributed by atoms with Crippen LogP contribution in [0.4, 0.5) is 23.2 Å². The number of ether oxygens (including phenoxy) is 1. The number of amides is 1. The third kappa shape index (κ3) is 5.06. The number of benzene rings is 3. The Kier molecular flexibility index (Phi) is 6.79. The highest BCUT2D eigenvalue weighted by atomic mass is 19.4. The van der Waals surface area contributed by atoms with Gasteiger partial charge in [-0.15, -0.1) is 0 Å². The van der Waals surface area contributed by atoms with Crippen molar-refractivity contribution in [3.8, 4) is 22.7 Å². The first-order valence-corrected chi connectivity index (χ1v) is 12.0. The van der Waals surface area contributed by atoms with E-state index < -0.39 is 17.6 Å².